The van der Waals surface area contributed by atoms with E-state index in [0.29, 0.717) is 0 Å². The quantitative estimate of drug-likeness (QED) is 0.347. The highest BCUT2D eigenvalue weighted by molar-refractivity contribution is 7.26. The first-order chi connectivity index (χ1) is 13.9. The molecule has 0 amide bonds. The van der Waals surface area contributed by atoms with Gasteiger partial charge in [-0.2, -0.15) is 0 Å². The molecule has 4 heteroatoms. The minimum absolute atomic E-state index is 0.963. The van der Waals surface area contributed by atoms with E-state index in [1.54, 1.807) is 11.3 Å². The SMILES string of the molecule is c1ccc(-n2c(-c3cccc4c3sc3ncccc34)nc3ccccc32)cc1. The Morgan fingerprint density at radius 2 is 1.54 bits per heavy atom. The highest BCUT2D eigenvalue weighted by atomic mass is 32.1. The molecule has 0 bridgehead atoms. The first kappa shape index (κ1) is 15.5. The number of rotatable bonds is 2. The van der Waals surface area contributed by atoms with Crippen LogP contribution in [0.5, 0.6) is 0 Å². The van der Waals surface area contributed by atoms with Crippen LogP contribution < -0.4 is 0 Å². The third-order valence-corrected chi connectivity index (χ3v) is 6.25. The van der Waals surface area contributed by atoms with E-state index < -0.39 is 0 Å². The number of hydrogen-bond donors (Lipinski definition) is 0. The molecular weight excluding hydrogens is 362 g/mol. The minimum Gasteiger partial charge on any atom is -0.292 e. The van der Waals surface area contributed by atoms with Crippen molar-refractivity contribution in [3.05, 3.63) is 91.1 Å². The standard InChI is InChI=1S/C24H15N3S/c1-2-8-16(9-3-1)27-21-14-5-4-13-20(21)26-23(27)19-11-6-10-17-18-12-7-15-25-24(18)28-22(17)19/h1-15H. The molecular formula is C24H15N3S. The molecule has 0 radical (unpaired) electrons. The molecule has 0 saturated heterocycles. The predicted octanol–water partition coefficient (Wildman–Crippen LogP) is 6.46. The minimum atomic E-state index is 0.963. The largest absolute Gasteiger partial charge is 0.292 e. The van der Waals surface area contributed by atoms with Crippen LogP contribution in [0.1, 0.15) is 0 Å². The van der Waals surface area contributed by atoms with Crippen molar-refractivity contribution < 1.29 is 0 Å². The van der Waals surface area contributed by atoms with Crippen molar-refractivity contribution in [2.45, 2.75) is 0 Å². The first-order valence-corrected chi connectivity index (χ1v) is 10.0. The van der Waals surface area contributed by atoms with Crippen LogP contribution in [-0.2, 0) is 0 Å². The van der Waals surface area contributed by atoms with E-state index >= 15 is 0 Å². The number of para-hydroxylation sites is 3. The average molecular weight is 377 g/mol. The van der Waals surface area contributed by atoms with Gasteiger partial charge >= 0.3 is 0 Å². The second-order valence-corrected chi connectivity index (χ2v) is 7.73. The van der Waals surface area contributed by atoms with Crippen LogP contribution in [0.15, 0.2) is 91.1 Å². The number of nitrogens with zero attached hydrogens (tertiary/aromatic N) is 3. The van der Waals surface area contributed by atoms with Crippen LogP contribution in [0.3, 0.4) is 0 Å². The van der Waals surface area contributed by atoms with Gasteiger partial charge in [0, 0.05) is 32.9 Å². The number of aromatic nitrogens is 3. The summed E-state index contributed by atoms with van der Waals surface area (Å²) in [6, 6.07) is 29.3. The molecule has 0 fully saturated rings. The van der Waals surface area contributed by atoms with E-state index in [4.69, 9.17) is 4.98 Å². The maximum Gasteiger partial charge on any atom is 0.147 e. The normalized spacial score (nSPS) is 11.6. The summed E-state index contributed by atoms with van der Waals surface area (Å²) < 4.78 is 3.48. The van der Waals surface area contributed by atoms with Crippen molar-refractivity contribution in [2.24, 2.45) is 0 Å². The molecule has 0 saturated carbocycles. The number of fused-ring (bicyclic) bond motifs is 4. The van der Waals surface area contributed by atoms with Crippen LogP contribution in [0.4, 0.5) is 0 Å². The van der Waals surface area contributed by atoms with Crippen molar-refractivity contribution in [1.82, 2.24) is 14.5 Å². The Balaban J connectivity index is 1.74. The highest BCUT2D eigenvalue weighted by Crippen LogP contribution is 2.40. The number of pyridine rings is 1. The molecule has 0 aliphatic rings. The lowest BCUT2D eigenvalue weighted by atomic mass is 10.1. The predicted molar refractivity (Wildman–Crippen MR) is 117 cm³/mol. The Kier molecular flexibility index (Phi) is 3.34. The van der Waals surface area contributed by atoms with Gasteiger partial charge in [0.05, 0.1) is 11.0 Å². The molecule has 28 heavy (non-hydrogen) atoms. The summed E-state index contributed by atoms with van der Waals surface area (Å²) in [7, 11) is 0. The average Bonchev–Trinajstić information content (AvgIpc) is 3.33. The van der Waals surface area contributed by atoms with Gasteiger partial charge in [0.25, 0.3) is 0 Å². The van der Waals surface area contributed by atoms with Gasteiger partial charge in [-0.05, 0) is 42.5 Å². The Morgan fingerprint density at radius 3 is 2.46 bits per heavy atom. The van der Waals surface area contributed by atoms with Crippen LogP contribution >= 0.6 is 11.3 Å². The van der Waals surface area contributed by atoms with E-state index in [-0.39, 0.29) is 0 Å². The molecule has 0 spiro atoms. The van der Waals surface area contributed by atoms with Gasteiger partial charge in [-0.3, -0.25) is 4.57 Å². The highest BCUT2D eigenvalue weighted by Gasteiger charge is 2.18. The number of benzene rings is 3. The molecule has 0 aliphatic carbocycles. The summed E-state index contributed by atoms with van der Waals surface area (Å²) in [5.41, 5.74) is 4.36. The van der Waals surface area contributed by atoms with Crippen molar-refractivity contribution in [1.29, 1.82) is 0 Å². The number of thiophene rings is 1. The van der Waals surface area contributed by atoms with Gasteiger partial charge in [0.15, 0.2) is 0 Å². The van der Waals surface area contributed by atoms with Crippen molar-refractivity contribution in [2.75, 3.05) is 0 Å². The smallest absolute Gasteiger partial charge is 0.147 e. The fraction of sp³-hybridized carbons (Fsp3) is 0. The Hall–Kier alpha value is -3.50. The summed E-state index contributed by atoms with van der Waals surface area (Å²) >= 11 is 1.73. The molecule has 132 valence electrons. The third kappa shape index (κ3) is 2.22. The van der Waals surface area contributed by atoms with Crippen molar-refractivity contribution in [3.8, 4) is 17.1 Å². The number of imidazole rings is 1. The Morgan fingerprint density at radius 1 is 0.714 bits per heavy atom. The van der Waals surface area contributed by atoms with Crippen LogP contribution in [0, 0.1) is 0 Å². The topological polar surface area (TPSA) is 30.7 Å². The van der Waals surface area contributed by atoms with Gasteiger partial charge in [0.2, 0.25) is 0 Å². The van der Waals surface area contributed by atoms with E-state index in [2.05, 4.69) is 76.3 Å². The Bertz CT molecular complexity index is 1460. The second kappa shape index (κ2) is 6.01. The summed E-state index contributed by atoms with van der Waals surface area (Å²) in [5, 5.41) is 2.43. The summed E-state index contributed by atoms with van der Waals surface area (Å²) in [6.07, 6.45) is 1.86. The van der Waals surface area contributed by atoms with Gasteiger partial charge < -0.3 is 0 Å². The molecule has 6 aromatic rings. The second-order valence-electron chi connectivity index (χ2n) is 6.74. The van der Waals surface area contributed by atoms with Crippen molar-refractivity contribution >= 4 is 42.7 Å². The third-order valence-electron chi connectivity index (χ3n) is 5.09. The van der Waals surface area contributed by atoms with Crippen LogP contribution in [-0.4, -0.2) is 14.5 Å². The molecule has 6 rings (SSSR count). The fourth-order valence-corrected chi connectivity index (χ4v) is 5.01. The van der Waals surface area contributed by atoms with Crippen LogP contribution in [0.25, 0.3) is 48.4 Å². The van der Waals surface area contributed by atoms with E-state index in [9.17, 15) is 0 Å². The summed E-state index contributed by atoms with van der Waals surface area (Å²) in [4.78, 5) is 10.7. The van der Waals surface area contributed by atoms with Gasteiger partial charge in [-0.15, -0.1) is 11.3 Å². The molecule has 0 aliphatic heterocycles. The summed E-state index contributed by atoms with van der Waals surface area (Å²) in [5.74, 6) is 0.963. The van der Waals surface area contributed by atoms with Gasteiger partial charge in [0.1, 0.15) is 10.7 Å². The van der Waals surface area contributed by atoms with E-state index in [1.165, 1.54) is 15.5 Å². The monoisotopic (exact) mass is 377 g/mol. The maximum atomic E-state index is 5.03. The van der Waals surface area contributed by atoms with E-state index in [1.807, 2.05) is 24.4 Å². The first-order valence-electron chi connectivity index (χ1n) is 9.20. The summed E-state index contributed by atoms with van der Waals surface area (Å²) in [6.45, 7) is 0. The van der Waals surface area contributed by atoms with Gasteiger partial charge in [-0.25, -0.2) is 9.97 Å². The molecule has 0 N–H and O–H groups in total. The van der Waals surface area contributed by atoms with E-state index in [0.717, 1.165) is 32.9 Å². The lowest BCUT2D eigenvalue weighted by Gasteiger charge is -2.10. The zero-order chi connectivity index (χ0) is 18.5. The van der Waals surface area contributed by atoms with Crippen LogP contribution in [0.2, 0.25) is 0 Å². The molecule has 0 atom stereocenters. The molecule has 3 aromatic heterocycles. The molecule has 3 nitrogen and oxygen atoms in total. The lowest BCUT2D eigenvalue weighted by Crippen LogP contribution is -1.97. The molecule has 3 aromatic carbocycles. The molecule has 0 unspecified atom stereocenters. The fourth-order valence-electron chi connectivity index (χ4n) is 3.85. The number of hydrogen-bond acceptors (Lipinski definition) is 3. The maximum absolute atomic E-state index is 5.03. The molecule has 3 heterocycles. The zero-order valence-electron chi connectivity index (χ0n) is 14.9. The zero-order valence-corrected chi connectivity index (χ0v) is 15.7. The lowest BCUT2D eigenvalue weighted by molar-refractivity contribution is 1.11. The Labute approximate surface area is 165 Å². The van der Waals surface area contributed by atoms with Crippen molar-refractivity contribution in [3.63, 3.8) is 0 Å². The van der Waals surface area contributed by atoms with Gasteiger partial charge in [-0.1, -0.05) is 42.5 Å².